The van der Waals surface area contributed by atoms with Crippen molar-refractivity contribution in [1.29, 1.82) is 0 Å². The summed E-state index contributed by atoms with van der Waals surface area (Å²) < 4.78 is 28.8. The van der Waals surface area contributed by atoms with Gasteiger partial charge in [-0.2, -0.15) is 0 Å². The molecule has 0 amide bonds. The Hall–Kier alpha value is -1.46. The largest absolute Gasteiger partial charge is 0.461 e. The minimum absolute atomic E-state index is 0.118. The van der Waals surface area contributed by atoms with E-state index in [4.69, 9.17) is 14.2 Å². The summed E-state index contributed by atoms with van der Waals surface area (Å²) in [4.78, 5) is 11.9. The first kappa shape index (κ1) is 16.9. The van der Waals surface area contributed by atoms with Crippen molar-refractivity contribution in [2.45, 2.75) is 51.4 Å². The van der Waals surface area contributed by atoms with Crippen molar-refractivity contribution in [3.05, 3.63) is 35.6 Å². The highest BCUT2D eigenvalue weighted by Gasteiger charge is 2.53. The molecule has 1 aromatic carbocycles. The number of carbonyl (C=O) groups excluding carboxylic acids is 1. The first-order chi connectivity index (χ1) is 10.5. The number of rotatable bonds is 9. The number of hydrogen-bond donors (Lipinski definition) is 0. The molecule has 22 heavy (non-hydrogen) atoms. The van der Waals surface area contributed by atoms with Crippen molar-refractivity contribution in [1.82, 2.24) is 0 Å². The molecule has 0 radical (unpaired) electrons. The molecule has 0 N–H and O–H groups in total. The third kappa shape index (κ3) is 5.07. The maximum Gasteiger partial charge on any atom is 0.341 e. The molecule has 1 unspecified atom stereocenters. The molecule has 1 aromatic rings. The molecule has 0 spiro atoms. The monoisotopic (exact) mass is 310 g/mol. The molecule has 1 fully saturated rings. The van der Waals surface area contributed by atoms with Crippen molar-refractivity contribution >= 4 is 5.97 Å². The van der Waals surface area contributed by atoms with Gasteiger partial charge in [0, 0.05) is 6.61 Å². The van der Waals surface area contributed by atoms with Gasteiger partial charge in [0.05, 0.1) is 19.3 Å². The number of esters is 1. The van der Waals surface area contributed by atoms with E-state index < -0.39 is 5.60 Å². The Bertz CT molecular complexity index is 480. The highest BCUT2D eigenvalue weighted by Crippen LogP contribution is 2.34. The van der Waals surface area contributed by atoms with Crippen molar-refractivity contribution in [3.63, 3.8) is 0 Å². The fourth-order valence-electron chi connectivity index (χ4n) is 2.16. The van der Waals surface area contributed by atoms with Crippen LogP contribution in [0.4, 0.5) is 4.39 Å². The topological polar surface area (TPSA) is 48.1 Å². The predicted octanol–water partition coefficient (Wildman–Crippen LogP) is 3.23. The number of benzene rings is 1. The van der Waals surface area contributed by atoms with Crippen LogP contribution in [0.15, 0.2) is 24.3 Å². The molecule has 1 saturated heterocycles. The second-order valence-corrected chi connectivity index (χ2v) is 5.87. The van der Waals surface area contributed by atoms with Crippen LogP contribution in [0, 0.1) is 5.82 Å². The second-order valence-electron chi connectivity index (χ2n) is 5.87. The van der Waals surface area contributed by atoms with E-state index in [0.29, 0.717) is 26.2 Å². The standard InChI is InChI=1S/C17H23FO4/c1-13(2)22-16(19)17(12-21-17)9-3-4-10-20-11-14-5-7-15(18)8-6-14/h5-8,13H,3-4,9-12H2,1-2H3. The van der Waals surface area contributed by atoms with Crippen molar-refractivity contribution < 1.29 is 23.4 Å². The Labute approximate surface area is 130 Å². The van der Waals surface area contributed by atoms with E-state index in [1.165, 1.54) is 12.1 Å². The molecule has 0 aliphatic carbocycles. The van der Waals surface area contributed by atoms with Crippen LogP contribution in [0.25, 0.3) is 0 Å². The molecule has 1 atom stereocenters. The first-order valence-corrected chi connectivity index (χ1v) is 7.69. The smallest absolute Gasteiger partial charge is 0.341 e. The zero-order valence-corrected chi connectivity index (χ0v) is 13.1. The van der Waals surface area contributed by atoms with Gasteiger partial charge in [0.15, 0.2) is 5.60 Å². The van der Waals surface area contributed by atoms with Gasteiger partial charge in [-0.1, -0.05) is 12.1 Å². The Kier molecular flexibility index (Phi) is 5.91. The molecule has 0 bridgehead atoms. The Morgan fingerprint density at radius 1 is 1.32 bits per heavy atom. The lowest BCUT2D eigenvalue weighted by molar-refractivity contribution is -0.154. The lowest BCUT2D eigenvalue weighted by Crippen LogP contribution is -2.29. The highest BCUT2D eigenvalue weighted by atomic mass is 19.1. The van der Waals surface area contributed by atoms with Gasteiger partial charge in [-0.15, -0.1) is 0 Å². The molecule has 1 aliphatic rings. The molecule has 1 heterocycles. The van der Waals surface area contributed by atoms with Crippen LogP contribution >= 0.6 is 0 Å². The van der Waals surface area contributed by atoms with E-state index in [9.17, 15) is 9.18 Å². The van der Waals surface area contributed by atoms with Crippen LogP contribution in [0.5, 0.6) is 0 Å². The highest BCUT2D eigenvalue weighted by molar-refractivity contribution is 5.82. The Morgan fingerprint density at radius 3 is 2.59 bits per heavy atom. The number of unbranched alkanes of at least 4 members (excludes halogenated alkanes) is 1. The zero-order valence-electron chi connectivity index (χ0n) is 13.1. The van der Waals surface area contributed by atoms with Gasteiger partial charge in [-0.25, -0.2) is 9.18 Å². The van der Waals surface area contributed by atoms with Gasteiger partial charge in [-0.05, 0) is 50.8 Å². The summed E-state index contributed by atoms with van der Waals surface area (Å²) in [5, 5.41) is 0. The van der Waals surface area contributed by atoms with Crippen LogP contribution in [0.2, 0.25) is 0 Å². The molecular weight excluding hydrogens is 287 g/mol. The normalized spacial score (nSPS) is 20.2. The minimum Gasteiger partial charge on any atom is -0.461 e. The number of epoxide rings is 1. The summed E-state index contributed by atoms with van der Waals surface area (Å²) in [5.74, 6) is -0.499. The van der Waals surface area contributed by atoms with E-state index in [1.54, 1.807) is 12.1 Å². The van der Waals surface area contributed by atoms with E-state index in [0.717, 1.165) is 18.4 Å². The van der Waals surface area contributed by atoms with Gasteiger partial charge < -0.3 is 14.2 Å². The Morgan fingerprint density at radius 2 is 2.00 bits per heavy atom. The number of carbonyl (C=O) groups is 1. The second kappa shape index (κ2) is 7.70. The van der Waals surface area contributed by atoms with Crippen LogP contribution in [-0.4, -0.2) is 30.9 Å². The SMILES string of the molecule is CC(C)OC(=O)C1(CCCCOCc2ccc(F)cc2)CO1. The number of ether oxygens (including phenoxy) is 3. The van der Waals surface area contributed by atoms with Crippen LogP contribution in [0.3, 0.4) is 0 Å². The van der Waals surface area contributed by atoms with Crippen LogP contribution in [0.1, 0.15) is 38.7 Å². The summed E-state index contributed by atoms with van der Waals surface area (Å²) >= 11 is 0. The predicted molar refractivity (Wildman–Crippen MR) is 79.8 cm³/mol. The maximum absolute atomic E-state index is 12.7. The lowest BCUT2D eigenvalue weighted by atomic mass is 10.0. The maximum atomic E-state index is 12.7. The van der Waals surface area contributed by atoms with E-state index in [2.05, 4.69) is 0 Å². The van der Waals surface area contributed by atoms with E-state index in [1.807, 2.05) is 13.8 Å². The number of hydrogen-bond acceptors (Lipinski definition) is 4. The summed E-state index contributed by atoms with van der Waals surface area (Å²) in [6.45, 7) is 5.19. The molecule has 122 valence electrons. The van der Waals surface area contributed by atoms with Gasteiger partial charge in [0.2, 0.25) is 0 Å². The average Bonchev–Trinajstić information content (AvgIpc) is 3.25. The van der Waals surface area contributed by atoms with Crippen molar-refractivity contribution in [2.24, 2.45) is 0 Å². The third-order valence-corrected chi connectivity index (χ3v) is 3.51. The lowest BCUT2D eigenvalue weighted by Gasteiger charge is -2.13. The minimum atomic E-state index is -0.707. The fraction of sp³-hybridized carbons (Fsp3) is 0.588. The summed E-state index contributed by atoms with van der Waals surface area (Å²) in [6.07, 6.45) is 2.24. The van der Waals surface area contributed by atoms with Gasteiger partial charge >= 0.3 is 5.97 Å². The average molecular weight is 310 g/mol. The van der Waals surface area contributed by atoms with E-state index >= 15 is 0 Å². The number of halogens is 1. The fourth-order valence-corrected chi connectivity index (χ4v) is 2.16. The first-order valence-electron chi connectivity index (χ1n) is 7.69. The molecule has 2 rings (SSSR count). The molecule has 1 aliphatic heterocycles. The summed E-state index contributed by atoms with van der Waals surface area (Å²) in [5.41, 5.74) is 0.241. The molecule has 5 heteroatoms. The van der Waals surface area contributed by atoms with Crippen LogP contribution < -0.4 is 0 Å². The van der Waals surface area contributed by atoms with Crippen molar-refractivity contribution in [3.8, 4) is 0 Å². The molecule has 0 aromatic heterocycles. The summed E-state index contributed by atoms with van der Waals surface area (Å²) in [6, 6.07) is 6.27. The molecular formula is C17H23FO4. The van der Waals surface area contributed by atoms with Crippen molar-refractivity contribution in [2.75, 3.05) is 13.2 Å². The van der Waals surface area contributed by atoms with E-state index in [-0.39, 0.29) is 17.9 Å². The van der Waals surface area contributed by atoms with Gasteiger partial charge in [0.25, 0.3) is 0 Å². The van der Waals surface area contributed by atoms with Crippen LogP contribution in [-0.2, 0) is 25.6 Å². The third-order valence-electron chi connectivity index (χ3n) is 3.51. The summed E-state index contributed by atoms with van der Waals surface area (Å²) in [7, 11) is 0. The zero-order chi connectivity index (χ0) is 16.0. The molecule has 4 nitrogen and oxygen atoms in total. The molecule has 0 saturated carbocycles. The Balaban J connectivity index is 1.58. The quantitative estimate of drug-likeness (QED) is 0.399. The van der Waals surface area contributed by atoms with Gasteiger partial charge in [-0.3, -0.25) is 0 Å². The van der Waals surface area contributed by atoms with Gasteiger partial charge in [0.1, 0.15) is 5.82 Å².